The van der Waals surface area contributed by atoms with Crippen LogP contribution in [0.4, 0.5) is 5.69 Å². The Morgan fingerprint density at radius 1 is 1.23 bits per heavy atom. The molecule has 1 aromatic carbocycles. The molecule has 0 spiro atoms. The van der Waals surface area contributed by atoms with Gasteiger partial charge in [0.1, 0.15) is 11.8 Å². The summed E-state index contributed by atoms with van der Waals surface area (Å²) >= 11 is 0. The maximum atomic E-state index is 12.1. The lowest BCUT2D eigenvalue weighted by Gasteiger charge is -2.31. The number of carboxylic acids is 1. The second-order valence-corrected chi connectivity index (χ2v) is 5.43. The summed E-state index contributed by atoms with van der Waals surface area (Å²) in [4.78, 5) is 25.4. The van der Waals surface area contributed by atoms with Gasteiger partial charge in [-0.3, -0.25) is 14.5 Å². The van der Waals surface area contributed by atoms with Gasteiger partial charge in [0.2, 0.25) is 5.91 Å². The number of likely N-dealkylation sites (tertiary alicyclic amines) is 1. The minimum absolute atomic E-state index is 0.0403. The van der Waals surface area contributed by atoms with Gasteiger partial charge in [0.15, 0.2) is 0 Å². The van der Waals surface area contributed by atoms with Crippen LogP contribution in [0.1, 0.15) is 25.7 Å². The number of carboxylic acid groups (broad SMARTS) is 1. The number of nitrogens with one attached hydrogen (secondary N) is 1. The van der Waals surface area contributed by atoms with Crippen LogP contribution in [-0.2, 0) is 9.59 Å². The van der Waals surface area contributed by atoms with Gasteiger partial charge in [-0.25, -0.2) is 0 Å². The molecular formula is C16H22N2O4. The van der Waals surface area contributed by atoms with E-state index in [2.05, 4.69) is 5.32 Å². The molecule has 1 aliphatic heterocycles. The van der Waals surface area contributed by atoms with Crippen LogP contribution in [0.2, 0.25) is 0 Å². The molecule has 0 aromatic heterocycles. The number of amides is 1. The van der Waals surface area contributed by atoms with Gasteiger partial charge < -0.3 is 15.2 Å². The third kappa shape index (κ3) is 4.46. The summed E-state index contributed by atoms with van der Waals surface area (Å²) in [5, 5.41) is 12.1. The molecule has 0 saturated carbocycles. The van der Waals surface area contributed by atoms with Crippen LogP contribution in [-0.4, -0.2) is 48.1 Å². The van der Waals surface area contributed by atoms with Crippen molar-refractivity contribution in [2.24, 2.45) is 0 Å². The van der Waals surface area contributed by atoms with Crippen LogP contribution in [0.25, 0.3) is 0 Å². The smallest absolute Gasteiger partial charge is 0.321 e. The predicted octanol–water partition coefficient (Wildman–Crippen LogP) is 1.96. The second kappa shape index (κ2) is 7.79. The highest BCUT2D eigenvalue weighted by Crippen LogP contribution is 2.17. The van der Waals surface area contributed by atoms with Gasteiger partial charge in [-0.15, -0.1) is 0 Å². The van der Waals surface area contributed by atoms with Gasteiger partial charge in [-0.1, -0.05) is 6.42 Å². The Kier molecular flexibility index (Phi) is 5.77. The molecule has 0 radical (unpaired) electrons. The molecule has 1 saturated heterocycles. The number of piperidine rings is 1. The van der Waals surface area contributed by atoms with E-state index in [-0.39, 0.29) is 12.3 Å². The zero-order chi connectivity index (χ0) is 15.9. The highest BCUT2D eigenvalue weighted by Gasteiger charge is 2.29. The van der Waals surface area contributed by atoms with Crippen LogP contribution in [0.5, 0.6) is 5.75 Å². The average Bonchev–Trinajstić information content (AvgIpc) is 2.54. The number of nitrogens with zero attached hydrogens (tertiary/aromatic N) is 1. The summed E-state index contributed by atoms with van der Waals surface area (Å²) in [5.41, 5.74) is 0.633. The Hall–Kier alpha value is -2.08. The predicted molar refractivity (Wildman–Crippen MR) is 83.1 cm³/mol. The molecule has 1 aliphatic rings. The van der Waals surface area contributed by atoms with Crippen molar-refractivity contribution < 1.29 is 19.4 Å². The van der Waals surface area contributed by atoms with Crippen molar-refractivity contribution in [1.29, 1.82) is 0 Å². The lowest BCUT2D eigenvalue weighted by molar-refractivity contribution is -0.145. The zero-order valence-electron chi connectivity index (χ0n) is 12.7. The van der Waals surface area contributed by atoms with Crippen LogP contribution in [0.15, 0.2) is 24.3 Å². The number of ether oxygens (including phenoxy) is 1. The molecule has 120 valence electrons. The van der Waals surface area contributed by atoms with Crippen LogP contribution in [0.3, 0.4) is 0 Å². The van der Waals surface area contributed by atoms with Gasteiger partial charge in [-0.05, 0) is 50.2 Å². The topological polar surface area (TPSA) is 78.9 Å². The number of carbonyl (C=O) groups excluding carboxylic acids is 1. The molecule has 0 unspecified atom stereocenters. The molecule has 1 aromatic rings. The molecular weight excluding hydrogens is 284 g/mol. The van der Waals surface area contributed by atoms with Crippen molar-refractivity contribution in [3.63, 3.8) is 0 Å². The first-order valence-electron chi connectivity index (χ1n) is 7.51. The second-order valence-electron chi connectivity index (χ2n) is 5.43. The van der Waals surface area contributed by atoms with Crippen molar-refractivity contribution in [2.45, 2.75) is 31.7 Å². The van der Waals surface area contributed by atoms with Crippen molar-refractivity contribution in [1.82, 2.24) is 4.90 Å². The van der Waals surface area contributed by atoms with Gasteiger partial charge in [0.05, 0.1) is 13.5 Å². The monoisotopic (exact) mass is 306 g/mol. The fourth-order valence-corrected chi connectivity index (χ4v) is 2.66. The fraction of sp³-hybridized carbons (Fsp3) is 0.500. The number of carbonyl (C=O) groups is 2. The van der Waals surface area contributed by atoms with E-state index in [1.54, 1.807) is 31.4 Å². The molecule has 6 nitrogen and oxygen atoms in total. The molecule has 1 fully saturated rings. The van der Waals surface area contributed by atoms with E-state index in [0.717, 1.165) is 32.4 Å². The van der Waals surface area contributed by atoms with Crippen LogP contribution < -0.4 is 10.1 Å². The first kappa shape index (κ1) is 16.3. The van der Waals surface area contributed by atoms with Crippen LogP contribution in [0, 0.1) is 0 Å². The highest BCUT2D eigenvalue weighted by atomic mass is 16.5. The van der Waals surface area contributed by atoms with Crippen molar-refractivity contribution in [3.05, 3.63) is 24.3 Å². The van der Waals surface area contributed by atoms with Crippen LogP contribution >= 0.6 is 0 Å². The maximum Gasteiger partial charge on any atom is 0.321 e. The number of hydrogen-bond donors (Lipinski definition) is 2. The minimum Gasteiger partial charge on any atom is -0.497 e. The van der Waals surface area contributed by atoms with E-state index < -0.39 is 12.0 Å². The van der Waals surface area contributed by atoms with E-state index in [0.29, 0.717) is 11.4 Å². The molecule has 1 amide bonds. The van der Waals surface area contributed by atoms with E-state index >= 15 is 0 Å². The van der Waals surface area contributed by atoms with Gasteiger partial charge >= 0.3 is 5.97 Å². The number of benzene rings is 1. The molecule has 1 heterocycles. The zero-order valence-corrected chi connectivity index (χ0v) is 12.7. The standard InChI is InChI=1S/C16H22N2O4/c1-22-13-7-5-12(6-8-13)17-15(19)11-14(16(20)21)18-9-3-2-4-10-18/h5-8,14H,2-4,9-11H2,1H3,(H,17,19)(H,20,21)/t14-/m1/s1. The molecule has 6 heteroatoms. The molecule has 0 bridgehead atoms. The van der Waals surface area contributed by atoms with Gasteiger partial charge in [-0.2, -0.15) is 0 Å². The minimum atomic E-state index is -0.938. The summed E-state index contributed by atoms with van der Waals surface area (Å²) in [6, 6.07) is 6.20. The summed E-state index contributed by atoms with van der Waals surface area (Å²) in [5.74, 6) is -0.523. The Labute approximate surface area is 130 Å². The normalized spacial score (nSPS) is 16.8. The fourth-order valence-electron chi connectivity index (χ4n) is 2.66. The molecule has 0 aliphatic carbocycles. The highest BCUT2D eigenvalue weighted by molar-refractivity contribution is 5.94. The summed E-state index contributed by atoms with van der Waals surface area (Å²) in [6.45, 7) is 1.49. The van der Waals surface area contributed by atoms with Gasteiger partial charge in [0, 0.05) is 5.69 Å². The molecule has 22 heavy (non-hydrogen) atoms. The molecule has 1 atom stereocenters. The quantitative estimate of drug-likeness (QED) is 0.840. The van der Waals surface area contributed by atoms with E-state index in [9.17, 15) is 14.7 Å². The van der Waals surface area contributed by atoms with Crippen molar-refractivity contribution in [3.8, 4) is 5.75 Å². The van der Waals surface area contributed by atoms with Crippen molar-refractivity contribution in [2.75, 3.05) is 25.5 Å². The number of anilines is 1. The van der Waals surface area contributed by atoms with E-state index in [1.165, 1.54) is 0 Å². The third-order valence-corrected chi connectivity index (χ3v) is 3.87. The third-order valence-electron chi connectivity index (χ3n) is 3.87. The average molecular weight is 306 g/mol. The first-order valence-corrected chi connectivity index (χ1v) is 7.51. The maximum absolute atomic E-state index is 12.1. The Balaban J connectivity index is 1.93. The summed E-state index contributed by atoms with van der Waals surface area (Å²) in [6.07, 6.45) is 3.07. The molecule has 2 rings (SSSR count). The number of rotatable bonds is 6. The SMILES string of the molecule is COc1ccc(NC(=O)C[C@H](C(=O)O)N2CCCCC2)cc1. The number of aliphatic carboxylic acids is 1. The first-order chi connectivity index (χ1) is 10.6. The molecule has 2 N–H and O–H groups in total. The van der Waals surface area contributed by atoms with E-state index in [4.69, 9.17) is 4.74 Å². The number of methoxy groups -OCH3 is 1. The van der Waals surface area contributed by atoms with Gasteiger partial charge in [0.25, 0.3) is 0 Å². The Morgan fingerprint density at radius 3 is 2.41 bits per heavy atom. The lowest BCUT2D eigenvalue weighted by Crippen LogP contribution is -2.45. The van der Waals surface area contributed by atoms with Crippen molar-refractivity contribution >= 4 is 17.6 Å². The summed E-state index contributed by atoms with van der Waals surface area (Å²) < 4.78 is 5.05. The summed E-state index contributed by atoms with van der Waals surface area (Å²) in [7, 11) is 1.57. The Morgan fingerprint density at radius 2 is 1.86 bits per heavy atom. The number of hydrogen-bond acceptors (Lipinski definition) is 4. The largest absolute Gasteiger partial charge is 0.497 e. The Bertz CT molecular complexity index is 509. The lowest BCUT2D eigenvalue weighted by atomic mass is 10.1. The van der Waals surface area contributed by atoms with E-state index in [1.807, 2.05) is 4.90 Å².